The quantitative estimate of drug-likeness (QED) is 0.756. The number of hydrogen-bond acceptors (Lipinski definition) is 4. The summed E-state index contributed by atoms with van der Waals surface area (Å²) in [7, 11) is 0. The van der Waals surface area contributed by atoms with Crippen molar-refractivity contribution in [1.29, 1.82) is 0 Å². The highest BCUT2D eigenvalue weighted by molar-refractivity contribution is 5.47. The van der Waals surface area contributed by atoms with E-state index in [1.165, 1.54) is 0 Å². The largest absolute Gasteiger partial charge is 0.486 e. The predicted molar refractivity (Wildman–Crippen MR) is 70.1 cm³/mol. The van der Waals surface area contributed by atoms with Crippen molar-refractivity contribution in [2.24, 2.45) is 0 Å². The summed E-state index contributed by atoms with van der Waals surface area (Å²) in [5.41, 5.74) is 1.13. The number of aliphatic hydroxyl groups is 1. The highest BCUT2D eigenvalue weighted by Crippen LogP contribution is 2.33. The van der Waals surface area contributed by atoms with Crippen LogP contribution in [-0.4, -0.2) is 31.0 Å². The van der Waals surface area contributed by atoms with E-state index < -0.39 is 0 Å². The second-order valence-corrected chi connectivity index (χ2v) is 4.61. The first-order valence-corrected chi connectivity index (χ1v) is 6.53. The fraction of sp³-hybridized carbons (Fsp3) is 0.571. The average Bonchev–Trinajstić information content (AvgIpc) is 2.38. The average molecular weight is 251 g/mol. The summed E-state index contributed by atoms with van der Waals surface area (Å²) in [4.78, 5) is 0. The van der Waals surface area contributed by atoms with E-state index in [4.69, 9.17) is 14.6 Å². The van der Waals surface area contributed by atoms with Crippen LogP contribution in [0.15, 0.2) is 18.2 Å². The van der Waals surface area contributed by atoms with Gasteiger partial charge in [-0.05, 0) is 32.4 Å². The molecular weight excluding hydrogens is 230 g/mol. The van der Waals surface area contributed by atoms with E-state index in [9.17, 15) is 0 Å². The Kier molecular flexibility index (Phi) is 4.84. The van der Waals surface area contributed by atoms with E-state index in [-0.39, 0.29) is 6.10 Å². The molecule has 2 rings (SSSR count). The first-order chi connectivity index (χ1) is 8.77. The monoisotopic (exact) mass is 251 g/mol. The van der Waals surface area contributed by atoms with Crippen LogP contribution in [0.4, 0.5) is 0 Å². The Balaban J connectivity index is 1.82. The third kappa shape index (κ3) is 3.62. The molecule has 0 bridgehead atoms. The highest BCUT2D eigenvalue weighted by atomic mass is 16.6. The Hall–Kier alpha value is -1.26. The maximum atomic E-state index is 9.16. The van der Waals surface area contributed by atoms with Gasteiger partial charge in [0.25, 0.3) is 0 Å². The second-order valence-electron chi connectivity index (χ2n) is 4.61. The summed E-state index contributed by atoms with van der Waals surface area (Å²) in [6, 6.07) is 5.97. The van der Waals surface area contributed by atoms with Gasteiger partial charge in [-0.2, -0.15) is 0 Å². The van der Waals surface area contributed by atoms with Crippen LogP contribution in [0.3, 0.4) is 0 Å². The van der Waals surface area contributed by atoms with Gasteiger partial charge < -0.3 is 19.9 Å². The van der Waals surface area contributed by atoms with Crippen LogP contribution < -0.4 is 14.8 Å². The first-order valence-electron chi connectivity index (χ1n) is 6.53. The van der Waals surface area contributed by atoms with Crippen molar-refractivity contribution in [1.82, 2.24) is 5.32 Å². The van der Waals surface area contributed by atoms with E-state index in [2.05, 4.69) is 11.4 Å². The Bertz CT molecular complexity index is 379. The lowest BCUT2D eigenvalue weighted by Gasteiger charge is -2.21. The lowest BCUT2D eigenvalue weighted by molar-refractivity contribution is 0.169. The topological polar surface area (TPSA) is 50.7 Å². The van der Waals surface area contributed by atoms with Crippen LogP contribution in [0.1, 0.15) is 25.3 Å². The molecule has 0 amide bonds. The predicted octanol–water partition coefficient (Wildman–Crippen LogP) is 1.71. The van der Waals surface area contributed by atoms with Crippen LogP contribution in [0.25, 0.3) is 0 Å². The minimum atomic E-state index is -0.215. The fourth-order valence-corrected chi connectivity index (χ4v) is 2.02. The van der Waals surface area contributed by atoms with Crippen molar-refractivity contribution in [2.45, 2.75) is 32.4 Å². The van der Waals surface area contributed by atoms with Crippen LogP contribution >= 0.6 is 0 Å². The molecule has 4 heteroatoms. The van der Waals surface area contributed by atoms with Gasteiger partial charge in [-0.15, -0.1) is 0 Å². The van der Waals surface area contributed by atoms with E-state index in [0.717, 1.165) is 43.0 Å². The third-order valence-corrected chi connectivity index (χ3v) is 2.94. The molecule has 1 heterocycles. The minimum absolute atomic E-state index is 0.215. The maximum Gasteiger partial charge on any atom is 0.165 e. The zero-order valence-corrected chi connectivity index (χ0v) is 10.8. The molecule has 1 aromatic carbocycles. The van der Waals surface area contributed by atoms with Crippen molar-refractivity contribution >= 4 is 0 Å². The molecule has 1 aliphatic heterocycles. The standard InChI is InChI=1S/C14H21NO3/c1-11(16)4-3-7-15-10-12-5-2-6-13-14(12)18-9-8-17-13/h2,5-6,11,15-16H,3-4,7-10H2,1H3. The first kappa shape index (κ1) is 13.2. The number of para-hydroxylation sites is 1. The van der Waals surface area contributed by atoms with Crippen molar-refractivity contribution in [3.63, 3.8) is 0 Å². The number of rotatable bonds is 6. The maximum absolute atomic E-state index is 9.16. The normalized spacial score (nSPS) is 15.4. The summed E-state index contributed by atoms with van der Waals surface area (Å²) in [5, 5.41) is 12.5. The number of ether oxygens (including phenoxy) is 2. The smallest absolute Gasteiger partial charge is 0.165 e. The molecule has 1 atom stereocenters. The van der Waals surface area contributed by atoms with Gasteiger partial charge >= 0.3 is 0 Å². The van der Waals surface area contributed by atoms with E-state index in [1.54, 1.807) is 0 Å². The fourth-order valence-electron chi connectivity index (χ4n) is 2.02. The molecule has 0 fully saturated rings. The van der Waals surface area contributed by atoms with Crippen LogP contribution in [-0.2, 0) is 6.54 Å². The summed E-state index contributed by atoms with van der Waals surface area (Å²) in [6.07, 6.45) is 1.59. The van der Waals surface area contributed by atoms with Crippen LogP contribution in [0.2, 0.25) is 0 Å². The van der Waals surface area contributed by atoms with Gasteiger partial charge in [0.1, 0.15) is 13.2 Å². The summed E-state index contributed by atoms with van der Waals surface area (Å²) in [6.45, 7) is 4.73. The van der Waals surface area contributed by atoms with E-state index in [1.807, 2.05) is 19.1 Å². The van der Waals surface area contributed by atoms with Crippen molar-refractivity contribution in [3.05, 3.63) is 23.8 Å². The number of aliphatic hydroxyl groups excluding tert-OH is 1. The van der Waals surface area contributed by atoms with Gasteiger partial charge in [0.15, 0.2) is 11.5 Å². The van der Waals surface area contributed by atoms with Gasteiger partial charge in [-0.1, -0.05) is 12.1 Å². The Morgan fingerprint density at radius 3 is 3.00 bits per heavy atom. The summed E-state index contributed by atoms with van der Waals surface area (Å²) >= 11 is 0. The van der Waals surface area contributed by atoms with Crippen LogP contribution in [0.5, 0.6) is 11.5 Å². The second kappa shape index (κ2) is 6.61. The number of fused-ring (bicyclic) bond motifs is 1. The zero-order chi connectivity index (χ0) is 12.8. The molecular formula is C14H21NO3. The lowest BCUT2D eigenvalue weighted by Crippen LogP contribution is -2.20. The molecule has 0 saturated heterocycles. The Morgan fingerprint density at radius 2 is 2.17 bits per heavy atom. The SMILES string of the molecule is CC(O)CCCNCc1cccc2c1OCCO2. The van der Waals surface area contributed by atoms with Gasteiger partial charge in [0.2, 0.25) is 0 Å². The molecule has 0 aromatic heterocycles. The number of benzene rings is 1. The zero-order valence-electron chi connectivity index (χ0n) is 10.8. The van der Waals surface area contributed by atoms with E-state index >= 15 is 0 Å². The molecule has 0 radical (unpaired) electrons. The van der Waals surface area contributed by atoms with Crippen molar-refractivity contribution < 1.29 is 14.6 Å². The van der Waals surface area contributed by atoms with Gasteiger partial charge in [-0.25, -0.2) is 0 Å². The van der Waals surface area contributed by atoms with Crippen molar-refractivity contribution in [2.75, 3.05) is 19.8 Å². The Morgan fingerprint density at radius 1 is 1.33 bits per heavy atom. The third-order valence-electron chi connectivity index (χ3n) is 2.94. The molecule has 1 aliphatic rings. The van der Waals surface area contributed by atoms with Gasteiger partial charge in [-0.3, -0.25) is 0 Å². The van der Waals surface area contributed by atoms with E-state index in [0.29, 0.717) is 13.2 Å². The lowest BCUT2D eigenvalue weighted by atomic mass is 10.1. The molecule has 1 unspecified atom stereocenters. The molecule has 0 aliphatic carbocycles. The van der Waals surface area contributed by atoms with Crippen LogP contribution in [0, 0.1) is 0 Å². The number of nitrogens with one attached hydrogen (secondary N) is 1. The molecule has 2 N–H and O–H groups in total. The summed E-state index contributed by atoms with van der Waals surface area (Å²) < 4.78 is 11.2. The Labute approximate surface area is 108 Å². The van der Waals surface area contributed by atoms with Gasteiger partial charge in [0, 0.05) is 12.1 Å². The molecule has 0 spiro atoms. The number of hydrogen-bond donors (Lipinski definition) is 2. The molecule has 1 aromatic rings. The molecule has 4 nitrogen and oxygen atoms in total. The van der Waals surface area contributed by atoms with Gasteiger partial charge in [0.05, 0.1) is 6.10 Å². The molecule has 100 valence electrons. The van der Waals surface area contributed by atoms with Crippen molar-refractivity contribution in [3.8, 4) is 11.5 Å². The molecule has 18 heavy (non-hydrogen) atoms. The highest BCUT2D eigenvalue weighted by Gasteiger charge is 2.14. The summed E-state index contributed by atoms with van der Waals surface area (Å²) in [5.74, 6) is 1.70. The minimum Gasteiger partial charge on any atom is -0.486 e. The molecule has 0 saturated carbocycles.